The normalized spacial score (nSPS) is 18.8. The lowest BCUT2D eigenvalue weighted by atomic mass is 10.0. The fourth-order valence-electron chi connectivity index (χ4n) is 5.08. The molecule has 1 unspecified atom stereocenters. The van der Waals surface area contributed by atoms with Crippen LogP contribution in [0.15, 0.2) is 70.7 Å². The van der Waals surface area contributed by atoms with Gasteiger partial charge in [-0.25, -0.2) is 0 Å². The molecular formula is C31H27F6N3O3S. The second kappa shape index (κ2) is 12.9. The zero-order chi connectivity index (χ0) is 31.5. The quantitative estimate of drug-likeness (QED) is 0.201. The zero-order valence-electron chi connectivity index (χ0n) is 23.4. The van der Waals surface area contributed by atoms with Crippen LogP contribution in [0, 0.1) is 0 Å². The van der Waals surface area contributed by atoms with Crippen molar-refractivity contribution in [2.24, 2.45) is 4.99 Å². The van der Waals surface area contributed by atoms with E-state index in [1.165, 1.54) is 24.9 Å². The first-order chi connectivity index (χ1) is 20.9. The minimum atomic E-state index is -5.02. The van der Waals surface area contributed by atoms with Crippen molar-refractivity contribution in [1.29, 1.82) is 0 Å². The number of amides is 1. The average molecular weight is 636 g/mol. The van der Waals surface area contributed by atoms with Crippen LogP contribution in [0.25, 0.3) is 6.08 Å². The molecule has 3 aromatic rings. The van der Waals surface area contributed by atoms with E-state index in [1.807, 2.05) is 18.2 Å². The number of nitrogens with zero attached hydrogens (tertiary/aromatic N) is 3. The Morgan fingerprint density at radius 2 is 1.80 bits per heavy atom. The summed E-state index contributed by atoms with van der Waals surface area (Å²) in [6, 6.07) is 11.8. The summed E-state index contributed by atoms with van der Waals surface area (Å²) < 4.78 is 90.6. The predicted octanol–water partition coefficient (Wildman–Crippen LogP) is 8.29. The van der Waals surface area contributed by atoms with Crippen molar-refractivity contribution in [2.75, 3.05) is 13.7 Å². The third-order valence-electron chi connectivity index (χ3n) is 7.25. The number of rotatable bonds is 6. The first-order valence-electron chi connectivity index (χ1n) is 13.7. The molecule has 1 aromatic heterocycles. The number of likely N-dealkylation sites (tertiary alicyclic amines) is 1. The predicted molar refractivity (Wildman–Crippen MR) is 154 cm³/mol. The van der Waals surface area contributed by atoms with Gasteiger partial charge in [0.25, 0.3) is 5.91 Å². The molecule has 1 fully saturated rings. The summed E-state index contributed by atoms with van der Waals surface area (Å²) in [5, 5.41) is 0.600. The van der Waals surface area contributed by atoms with Crippen LogP contribution in [0.4, 0.5) is 26.3 Å². The SMILES string of the molecule is COc1cc(/C=C2\SC(N3CCCCCC3c3ccccn3)=NC2=O)ccc1OCc1ccc(C(F)(F)F)cc1C(F)(F)F. The van der Waals surface area contributed by atoms with E-state index in [-0.39, 0.29) is 23.6 Å². The van der Waals surface area contributed by atoms with Gasteiger partial charge in [0.05, 0.1) is 34.9 Å². The highest BCUT2D eigenvalue weighted by molar-refractivity contribution is 8.18. The molecule has 0 bridgehead atoms. The van der Waals surface area contributed by atoms with Crippen LogP contribution in [-0.4, -0.2) is 34.6 Å². The summed E-state index contributed by atoms with van der Waals surface area (Å²) in [5.74, 6) is -0.151. The summed E-state index contributed by atoms with van der Waals surface area (Å²) in [7, 11) is 1.34. The number of halogens is 6. The molecule has 6 nitrogen and oxygen atoms in total. The first kappa shape index (κ1) is 31.4. The Morgan fingerprint density at radius 1 is 0.977 bits per heavy atom. The lowest BCUT2D eigenvalue weighted by Gasteiger charge is -2.30. The van der Waals surface area contributed by atoms with Gasteiger partial charge in [0.2, 0.25) is 0 Å². The lowest BCUT2D eigenvalue weighted by Crippen LogP contribution is -2.32. The summed E-state index contributed by atoms with van der Waals surface area (Å²) in [5.41, 5.74) is -1.83. The number of amidine groups is 1. The van der Waals surface area contributed by atoms with Crippen molar-refractivity contribution < 1.29 is 40.6 Å². The maximum atomic E-state index is 13.5. The molecule has 3 heterocycles. The molecule has 0 saturated carbocycles. The van der Waals surface area contributed by atoms with Gasteiger partial charge in [-0.05, 0) is 72.6 Å². The molecule has 0 spiro atoms. The van der Waals surface area contributed by atoms with Crippen molar-refractivity contribution in [3.8, 4) is 11.5 Å². The largest absolute Gasteiger partial charge is 0.493 e. The number of aromatic nitrogens is 1. The third-order valence-corrected chi connectivity index (χ3v) is 8.27. The topological polar surface area (TPSA) is 64.0 Å². The minimum Gasteiger partial charge on any atom is -0.493 e. The molecule has 0 aliphatic carbocycles. The standard InChI is InChI=1S/C31H27F6N3O3S/c1-42-26-15-19(9-12-25(26)43-18-20-10-11-21(30(32,33)34)17-22(20)31(35,36)37)16-27-28(41)39-29(44-27)40-14-6-2-3-8-24(40)23-7-4-5-13-38-23/h4-5,7,9-13,15-17,24H,2-3,6,8,14,18H2,1H3/b27-16-. The Kier molecular flexibility index (Phi) is 9.23. The van der Waals surface area contributed by atoms with E-state index in [4.69, 9.17) is 9.47 Å². The van der Waals surface area contributed by atoms with Gasteiger partial charge in [0, 0.05) is 18.3 Å². The smallest absolute Gasteiger partial charge is 0.416 e. The van der Waals surface area contributed by atoms with Gasteiger partial charge in [0.15, 0.2) is 16.7 Å². The third kappa shape index (κ3) is 7.20. The fraction of sp³-hybridized carbons (Fsp3) is 0.323. The van der Waals surface area contributed by atoms with Gasteiger partial charge in [-0.1, -0.05) is 31.0 Å². The molecular weight excluding hydrogens is 608 g/mol. The molecule has 2 aliphatic rings. The Balaban J connectivity index is 1.33. The van der Waals surface area contributed by atoms with Crippen LogP contribution in [0.1, 0.15) is 59.7 Å². The van der Waals surface area contributed by atoms with Gasteiger partial charge in [-0.2, -0.15) is 31.3 Å². The molecule has 44 heavy (non-hydrogen) atoms. The second-order valence-corrected chi connectivity index (χ2v) is 11.2. The Labute approximate surface area is 253 Å². The number of hydrogen-bond donors (Lipinski definition) is 0. The van der Waals surface area contributed by atoms with Crippen LogP contribution in [0.5, 0.6) is 11.5 Å². The van der Waals surface area contributed by atoms with Crippen LogP contribution < -0.4 is 9.47 Å². The average Bonchev–Trinajstić information content (AvgIpc) is 3.18. The maximum absolute atomic E-state index is 13.5. The Morgan fingerprint density at radius 3 is 2.50 bits per heavy atom. The summed E-state index contributed by atoms with van der Waals surface area (Å²) in [4.78, 5) is 24.3. The number of methoxy groups -OCH3 is 1. The monoisotopic (exact) mass is 635 g/mol. The highest BCUT2D eigenvalue weighted by Crippen LogP contribution is 2.40. The van der Waals surface area contributed by atoms with Gasteiger partial charge < -0.3 is 14.4 Å². The molecule has 1 amide bonds. The van der Waals surface area contributed by atoms with E-state index < -0.39 is 41.6 Å². The lowest BCUT2D eigenvalue weighted by molar-refractivity contribution is -0.143. The van der Waals surface area contributed by atoms with Crippen molar-refractivity contribution in [3.63, 3.8) is 0 Å². The highest BCUT2D eigenvalue weighted by Gasteiger charge is 2.38. The van der Waals surface area contributed by atoms with Crippen LogP contribution in [-0.2, 0) is 23.8 Å². The van der Waals surface area contributed by atoms with Crippen LogP contribution in [0.2, 0.25) is 0 Å². The first-order valence-corrected chi connectivity index (χ1v) is 14.5. The van der Waals surface area contributed by atoms with Gasteiger partial charge in [-0.15, -0.1) is 0 Å². The van der Waals surface area contributed by atoms with Crippen LogP contribution in [0.3, 0.4) is 0 Å². The van der Waals surface area contributed by atoms with Crippen LogP contribution >= 0.6 is 11.8 Å². The molecule has 0 N–H and O–H groups in total. The zero-order valence-corrected chi connectivity index (χ0v) is 24.2. The van der Waals surface area contributed by atoms with Crippen molar-refractivity contribution >= 4 is 28.9 Å². The van der Waals surface area contributed by atoms with E-state index in [1.54, 1.807) is 24.4 Å². The highest BCUT2D eigenvalue weighted by atomic mass is 32.2. The molecule has 5 rings (SSSR count). The number of alkyl halides is 6. The van der Waals surface area contributed by atoms with Crippen molar-refractivity contribution in [2.45, 2.75) is 50.7 Å². The number of thioether (sulfide) groups is 1. The van der Waals surface area contributed by atoms with Crippen molar-refractivity contribution in [1.82, 2.24) is 9.88 Å². The number of aliphatic imine (C=N–C) groups is 1. The Bertz CT molecular complexity index is 1570. The number of hydrogen-bond acceptors (Lipinski definition) is 6. The maximum Gasteiger partial charge on any atom is 0.416 e. The molecule has 2 aromatic carbocycles. The summed E-state index contributed by atoms with van der Waals surface area (Å²) in [6.07, 6.45) is -2.59. The molecule has 13 heteroatoms. The van der Waals surface area contributed by atoms with E-state index >= 15 is 0 Å². The number of benzene rings is 2. The van der Waals surface area contributed by atoms with E-state index in [2.05, 4.69) is 14.9 Å². The van der Waals surface area contributed by atoms with E-state index in [9.17, 15) is 31.1 Å². The fourth-order valence-corrected chi connectivity index (χ4v) is 6.07. The number of pyridine rings is 1. The summed E-state index contributed by atoms with van der Waals surface area (Å²) >= 11 is 1.26. The Hall–Kier alpha value is -4.00. The molecule has 232 valence electrons. The minimum absolute atomic E-state index is 0.00356. The number of carbonyl (C=O) groups is 1. The van der Waals surface area contributed by atoms with Crippen molar-refractivity contribution in [3.05, 3.63) is 93.6 Å². The molecule has 1 atom stereocenters. The molecule has 0 radical (unpaired) electrons. The number of ether oxygens (including phenoxy) is 2. The van der Waals surface area contributed by atoms with E-state index in [0.717, 1.165) is 44.0 Å². The second-order valence-electron chi connectivity index (χ2n) is 10.2. The molecule has 1 saturated heterocycles. The summed E-state index contributed by atoms with van der Waals surface area (Å²) in [6.45, 7) is 0.0884. The van der Waals surface area contributed by atoms with E-state index in [0.29, 0.717) is 21.7 Å². The van der Waals surface area contributed by atoms with Gasteiger partial charge >= 0.3 is 12.4 Å². The molecule has 2 aliphatic heterocycles. The van der Waals surface area contributed by atoms with Gasteiger partial charge in [0.1, 0.15) is 6.61 Å². The number of carbonyl (C=O) groups excluding carboxylic acids is 1. The van der Waals surface area contributed by atoms with Gasteiger partial charge in [-0.3, -0.25) is 9.78 Å².